The molecule has 0 aliphatic rings. The maximum atomic E-state index is 12.1. The average Bonchev–Trinajstić information content (AvgIpc) is 2.33. The van der Waals surface area contributed by atoms with Gasteiger partial charge in [0.2, 0.25) is 5.95 Å². The number of nitrogens with one attached hydrogen (secondary N) is 1. The van der Waals surface area contributed by atoms with Crippen LogP contribution in [0, 0.1) is 13.8 Å². The summed E-state index contributed by atoms with van der Waals surface area (Å²) < 4.78 is 26.5. The minimum absolute atomic E-state index is 0.0655. The fraction of sp³-hybridized carbons (Fsp3) is 0.167. The van der Waals surface area contributed by atoms with E-state index in [2.05, 4.69) is 14.7 Å². The first-order chi connectivity index (χ1) is 8.49. The Bertz CT molecular complexity index is 654. The largest absolute Gasteiger partial charge is 0.264 e. The van der Waals surface area contributed by atoms with Crippen LogP contribution in [0.3, 0.4) is 0 Å². The Morgan fingerprint density at radius 2 is 1.72 bits per heavy atom. The van der Waals surface area contributed by atoms with Crippen molar-refractivity contribution in [1.82, 2.24) is 9.97 Å². The Kier molecular flexibility index (Phi) is 3.29. The number of sulfonamides is 1. The van der Waals surface area contributed by atoms with Gasteiger partial charge in [0, 0.05) is 12.4 Å². The van der Waals surface area contributed by atoms with E-state index in [0.717, 1.165) is 11.1 Å². The van der Waals surface area contributed by atoms with Crippen molar-refractivity contribution in [2.75, 3.05) is 4.72 Å². The van der Waals surface area contributed by atoms with Gasteiger partial charge in [0.1, 0.15) is 0 Å². The molecule has 1 aromatic heterocycles. The van der Waals surface area contributed by atoms with E-state index in [0.29, 0.717) is 0 Å². The van der Waals surface area contributed by atoms with Gasteiger partial charge >= 0.3 is 0 Å². The lowest BCUT2D eigenvalue weighted by Crippen LogP contribution is -2.15. The van der Waals surface area contributed by atoms with Crippen LogP contribution in [-0.4, -0.2) is 18.4 Å². The van der Waals surface area contributed by atoms with Crippen molar-refractivity contribution in [3.05, 3.63) is 47.8 Å². The van der Waals surface area contributed by atoms with Gasteiger partial charge in [-0.25, -0.2) is 23.1 Å². The molecule has 18 heavy (non-hydrogen) atoms. The molecule has 0 fully saturated rings. The Labute approximate surface area is 106 Å². The van der Waals surface area contributed by atoms with Crippen molar-refractivity contribution in [2.24, 2.45) is 0 Å². The third-order valence-corrected chi connectivity index (χ3v) is 3.91. The fourth-order valence-electron chi connectivity index (χ4n) is 1.41. The predicted octanol–water partition coefficient (Wildman–Crippen LogP) is 1.89. The van der Waals surface area contributed by atoms with Crippen molar-refractivity contribution >= 4 is 16.0 Å². The van der Waals surface area contributed by atoms with Crippen LogP contribution in [0.4, 0.5) is 5.95 Å². The van der Waals surface area contributed by atoms with Crippen LogP contribution in [0.25, 0.3) is 0 Å². The molecule has 2 rings (SSSR count). The van der Waals surface area contributed by atoms with Crippen LogP contribution in [0.2, 0.25) is 0 Å². The first-order valence-corrected chi connectivity index (χ1v) is 6.84. The van der Waals surface area contributed by atoms with Crippen molar-refractivity contribution in [2.45, 2.75) is 18.7 Å². The lowest BCUT2D eigenvalue weighted by atomic mass is 10.1. The van der Waals surface area contributed by atoms with Gasteiger partial charge < -0.3 is 0 Å². The number of aromatic nitrogens is 2. The molecule has 0 aliphatic carbocycles. The number of aryl methyl sites for hydroxylation is 2. The molecule has 1 heterocycles. The molecule has 0 radical (unpaired) electrons. The molecule has 94 valence electrons. The SMILES string of the molecule is Cc1ccc(S(=O)(=O)Nc2ncccn2)cc1C. The van der Waals surface area contributed by atoms with Gasteiger partial charge in [0.15, 0.2) is 0 Å². The second kappa shape index (κ2) is 4.73. The van der Waals surface area contributed by atoms with Crippen LogP contribution in [0.1, 0.15) is 11.1 Å². The summed E-state index contributed by atoms with van der Waals surface area (Å²) in [4.78, 5) is 7.86. The molecular formula is C12H13N3O2S. The minimum Gasteiger partial charge on any atom is -0.247 e. The first-order valence-electron chi connectivity index (χ1n) is 5.36. The standard InChI is InChI=1S/C12H13N3O2S/c1-9-4-5-11(8-10(9)2)18(16,17)15-12-13-6-3-7-14-12/h3-8H,1-2H3,(H,13,14,15). The fourth-order valence-corrected chi connectivity index (χ4v) is 2.45. The summed E-state index contributed by atoms with van der Waals surface area (Å²) in [6.07, 6.45) is 2.95. The lowest BCUT2D eigenvalue weighted by Gasteiger charge is -2.08. The molecule has 0 atom stereocenters. The monoisotopic (exact) mass is 263 g/mol. The normalized spacial score (nSPS) is 11.2. The highest BCUT2D eigenvalue weighted by Crippen LogP contribution is 2.16. The average molecular weight is 263 g/mol. The van der Waals surface area contributed by atoms with E-state index < -0.39 is 10.0 Å². The predicted molar refractivity (Wildman–Crippen MR) is 68.8 cm³/mol. The number of nitrogens with zero attached hydrogens (tertiary/aromatic N) is 2. The molecule has 5 nitrogen and oxygen atoms in total. The van der Waals surface area contributed by atoms with Crippen molar-refractivity contribution in [3.8, 4) is 0 Å². The van der Waals surface area contributed by atoms with E-state index in [4.69, 9.17) is 0 Å². The summed E-state index contributed by atoms with van der Waals surface area (Å²) in [5.41, 5.74) is 1.97. The molecule has 2 aromatic rings. The zero-order valence-electron chi connectivity index (χ0n) is 10.1. The number of rotatable bonds is 3. The maximum absolute atomic E-state index is 12.1. The summed E-state index contributed by atoms with van der Waals surface area (Å²) in [6.45, 7) is 3.80. The molecule has 0 saturated heterocycles. The van der Waals surface area contributed by atoms with Gasteiger partial charge in [-0.15, -0.1) is 0 Å². The Balaban J connectivity index is 2.34. The zero-order chi connectivity index (χ0) is 13.2. The Hall–Kier alpha value is -1.95. The van der Waals surface area contributed by atoms with Crippen LogP contribution < -0.4 is 4.72 Å². The highest BCUT2D eigenvalue weighted by Gasteiger charge is 2.15. The summed E-state index contributed by atoms with van der Waals surface area (Å²) in [5.74, 6) is 0.0655. The second-order valence-corrected chi connectivity index (χ2v) is 5.61. The molecule has 1 N–H and O–H groups in total. The van der Waals surface area contributed by atoms with E-state index in [1.54, 1.807) is 24.3 Å². The van der Waals surface area contributed by atoms with E-state index >= 15 is 0 Å². The van der Waals surface area contributed by atoms with Gasteiger partial charge in [-0.05, 0) is 43.2 Å². The highest BCUT2D eigenvalue weighted by molar-refractivity contribution is 7.92. The van der Waals surface area contributed by atoms with Crippen molar-refractivity contribution < 1.29 is 8.42 Å². The second-order valence-electron chi connectivity index (χ2n) is 3.92. The molecule has 0 spiro atoms. The van der Waals surface area contributed by atoms with Crippen LogP contribution in [0.5, 0.6) is 0 Å². The minimum atomic E-state index is -3.63. The smallest absolute Gasteiger partial charge is 0.247 e. The third-order valence-electron chi connectivity index (χ3n) is 2.58. The molecular weight excluding hydrogens is 250 g/mol. The van der Waals surface area contributed by atoms with E-state index in [9.17, 15) is 8.42 Å². The molecule has 0 bridgehead atoms. The van der Waals surface area contributed by atoms with Crippen LogP contribution >= 0.6 is 0 Å². The van der Waals surface area contributed by atoms with Gasteiger partial charge in [-0.3, -0.25) is 0 Å². The zero-order valence-corrected chi connectivity index (χ0v) is 10.9. The summed E-state index contributed by atoms with van der Waals surface area (Å²) in [7, 11) is -3.63. The van der Waals surface area contributed by atoms with E-state index in [-0.39, 0.29) is 10.8 Å². The summed E-state index contributed by atoms with van der Waals surface area (Å²) >= 11 is 0. The molecule has 0 saturated carbocycles. The van der Waals surface area contributed by atoms with Crippen molar-refractivity contribution in [3.63, 3.8) is 0 Å². The van der Waals surface area contributed by atoms with Gasteiger partial charge in [-0.1, -0.05) is 6.07 Å². The topological polar surface area (TPSA) is 72.0 Å². The number of hydrogen-bond donors (Lipinski definition) is 1. The third kappa shape index (κ3) is 2.65. The summed E-state index contributed by atoms with van der Waals surface area (Å²) in [6, 6.07) is 6.58. The quantitative estimate of drug-likeness (QED) is 0.918. The van der Waals surface area contributed by atoms with Gasteiger partial charge in [-0.2, -0.15) is 0 Å². The van der Waals surface area contributed by atoms with Crippen LogP contribution in [-0.2, 0) is 10.0 Å². The van der Waals surface area contributed by atoms with Crippen molar-refractivity contribution in [1.29, 1.82) is 0 Å². The highest BCUT2D eigenvalue weighted by atomic mass is 32.2. The molecule has 0 aliphatic heterocycles. The van der Waals surface area contributed by atoms with Crippen LogP contribution in [0.15, 0.2) is 41.6 Å². The van der Waals surface area contributed by atoms with E-state index in [1.165, 1.54) is 12.4 Å². The molecule has 0 unspecified atom stereocenters. The Morgan fingerprint density at radius 3 is 2.33 bits per heavy atom. The molecule has 6 heteroatoms. The molecule has 0 amide bonds. The maximum Gasteiger partial charge on any atom is 0.264 e. The number of hydrogen-bond acceptors (Lipinski definition) is 4. The van der Waals surface area contributed by atoms with E-state index in [1.807, 2.05) is 13.8 Å². The number of anilines is 1. The Morgan fingerprint density at radius 1 is 1.06 bits per heavy atom. The van der Waals surface area contributed by atoms with Gasteiger partial charge in [0.25, 0.3) is 10.0 Å². The first kappa shape index (κ1) is 12.5. The molecule has 1 aromatic carbocycles. The lowest BCUT2D eigenvalue weighted by molar-refractivity contribution is 0.600. The number of benzene rings is 1. The summed E-state index contributed by atoms with van der Waals surface area (Å²) in [5, 5.41) is 0. The van der Waals surface area contributed by atoms with Gasteiger partial charge in [0.05, 0.1) is 4.90 Å².